The zero-order valence-corrected chi connectivity index (χ0v) is 12.8. The molecule has 2 aliphatic carbocycles. The molecular formula is C16H31NO2. The first-order valence-corrected chi connectivity index (χ1v) is 8.14. The molecule has 2 fully saturated rings. The molecule has 0 amide bonds. The lowest BCUT2D eigenvalue weighted by atomic mass is 9.61. The van der Waals surface area contributed by atoms with E-state index >= 15 is 0 Å². The van der Waals surface area contributed by atoms with Crippen molar-refractivity contribution in [3.8, 4) is 0 Å². The number of hydrogen-bond donors (Lipinski definition) is 2. The highest BCUT2D eigenvalue weighted by Crippen LogP contribution is 2.46. The minimum Gasteiger partial charge on any atom is -0.393 e. The van der Waals surface area contributed by atoms with Crippen molar-refractivity contribution in [1.29, 1.82) is 0 Å². The van der Waals surface area contributed by atoms with Gasteiger partial charge in [-0.3, -0.25) is 0 Å². The van der Waals surface area contributed by atoms with Gasteiger partial charge in [-0.25, -0.2) is 0 Å². The maximum atomic E-state index is 10.0. The quantitative estimate of drug-likeness (QED) is 0.779. The molecule has 0 aromatic heterocycles. The molecule has 2 aliphatic rings. The monoisotopic (exact) mass is 269 g/mol. The fraction of sp³-hybridized carbons (Fsp3) is 1.00. The lowest BCUT2D eigenvalue weighted by Crippen LogP contribution is -2.63. The van der Waals surface area contributed by atoms with Crippen LogP contribution in [0.4, 0.5) is 0 Å². The van der Waals surface area contributed by atoms with Crippen molar-refractivity contribution in [3.63, 3.8) is 0 Å². The zero-order valence-electron chi connectivity index (χ0n) is 12.8. The molecule has 112 valence electrons. The predicted octanol–water partition coefficient (Wildman–Crippen LogP) is 2.72. The molecule has 0 heterocycles. The largest absolute Gasteiger partial charge is 0.393 e. The van der Waals surface area contributed by atoms with Crippen LogP contribution in [0.5, 0.6) is 0 Å². The highest BCUT2D eigenvalue weighted by atomic mass is 16.5. The highest BCUT2D eigenvalue weighted by molar-refractivity contribution is 5.05. The van der Waals surface area contributed by atoms with E-state index in [0.717, 1.165) is 32.4 Å². The average molecular weight is 269 g/mol. The molecule has 5 unspecified atom stereocenters. The highest BCUT2D eigenvalue weighted by Gasteiger charge is 2.50. The Labute approximate surface area is 118 Å². The van der Waals surface area contributed by atoms with Crippen LogP contribution in [-0.2, 0) is 4.74 Å². The standard InChI is InChI=1S/C16H31NO2/c1-4-16(3)14(10-15(16)19-5-2)17-11-12-8-6-7-9-13(12)18/h12-15,17-18H,4-11H2,1-3H3. The number of ether oxygens (including phenoxy) is 1. The zero-order chi connectivity index (χ0) is 13.9. The van der Waals surface area contributed by atoms with Crippen molar-refractivity contribution in [2.45, 2.75) is 77.5 Å². The predicted molar refractivity (Wildman–Crippen MR) is 78.2 cm³/mol. The molecular weight excluding hydrogens is 238 g/mol. The van der Waals surface area contributed by atoms with Crippen molar-refractivity contribution in [2.24, 2.45) is 11.3 Å². The van der Waals surface area contributed by atoms with E-state index in [0.29, 0.717) is 18.1 Å². The summed E-state index contributed by atoms with van der Waals surface area (Å²) in [6.45, 7) is 8.46. The average Bonchev–Trinajstić information content (AvgIpc) is 2.42. The van der Waals surface area contributed by atoms with Gasteiger partial charge in [-0.15, -0.1) is 0 Å². The fourth-order valence-electron chi connectivity index (χ4n) is 3.79. The second kappa shape index (κ2) is 6.55. The molecule has 2 saturated carbocycles. The van der Waals surface area contributed by atoms with E-state index in [2.05, 4.69) is 26.1 Å². The van der Waals surface area contributed by atoms with Crippen LogP contribution in [0, 0.1) is 11.3 Å². The normalized spacial score (nSPS) is 42.9. The van der Waals surface area contributed by atoms with Crippen LogP contribution in [0.25, 0.3) is 0 Å². The minimum atomic E-state index is -0.0862. The van der Waals surface area contributed by atoms with E-state index in [4.69, 9.17) is 4.74 Å². The van der Waals surface area contributed by atoms with Crippen LogP contribution in [0.3, 0.4) is 0 Å². The molecule has 3 nitrogen and oxygen atoms in total. The van der Waals surface area contributed by atoms with Crippen LogP contribution in [-0.4, -0.2) is 36.5 Å². The molecule has 0 aliphatic heterocycles. The number of nitrogens with one attached hydrogen (secondary N) is 1. The maximum Gasteiger partial charge on any atom is 0.0658 e. The molecule has 0 aromatic carbocycles. The molecule has 3 heteroatoms. The second-order valence-corrected chi connectivity index (χ2v) is 6.61. The summed E-state index contributed by atoms with van der Waals surface area (Å²) in [6, 6.07) is 0.558. The Balaban J connectivity index is 1.80. The van der Waals surface area contributed by atoms with Crippen molar-refractivity contribution in [3.05, 3.63) is 0 Å². The third kappa shape index (κ3) is 3.14. The SMILES string of the molecule is CCOC1CC(NCC2CCCCC2O)C1(C)CC. The van der Waals surface area contributed by atoms with Gasteiger partial charge in [0.2, 0.25) is 0 Å². The third-order valence-electron chi connectivity index (χ3n) is 5.61. The number of hydrogen-bond acceptors (Lipinski definition) is 3. The Morgan fingerprint density at radius 1 is 1.26 bits per heavy atom. The summed E-state index contributed by atoms with van der Waals surface area (Å²) in [4.78, 5) is 0. The second-order valence-electron chi connectivity index (χ2n) is 6.61. The van der Waals surface area contributed by atoms with Gasteiger partial charge in [0.05, 0.1) is 12.2 Å². The summed E-state index contributed by atoms with van der Waals surface area (Å²) in [5.74, 6) is 0.459. The van der Waals surface area contributed by atoms with Gasteiger partial charge >= 0.3 is 0 Å². The van der Waals surface area contributed by atoms with E-state index in [9.17, 15) is 5.11 Å². The smallest absolute Gasteiger partial charge is 0.0658 e. The van der Waals surface area contributed by atoms with Gasteiger partial charge in [0.15, 0.2) is 0 Å². The molecule has 0 spiro atoms. The molecule has 2 rings (SSSR count). The summed E-state index contributed by atoms with van der Waals surface area (Å²) in [6.07, 6.45) is 7.25. The Kier molecular flexibility index (Phi) is 5.27. The van der Waals surface area contributed by atoms with E-state index in [1.807, 2.05) is 0 Å². The molecule has 0 bridgehead atoms. The molecule has 2 N–H and O–H groups in total. The Hall–Kier alpha value is -0.120. The van der Waals surface area contributed by atoms with Gasteiger partial charge in [0, 0.05) is 24.6 Å². The third-order valence-corrected chi connectivity index (χ3v) is 5.61. The minimum absolute atomic E-state index is 0.0862. The van der Waals surface area contributed by atoms with Gasteiger partial charge in [-0.05, 0) is 38.5 Å². The number of rotatable bonds is 6. The first kappa shape index (κ1) is 15.3. The molecule has 0 saturated heterocycles. The first-order chi connectivity index (χ1) is 9.11. The summed E-state index contributed by atoms with van der Waals surface area (Å²) in [7, 11) is 0. The first-order valence-electron chi connectivity index (χ1n) is 8.14. The van der Waals surface area contributed by atoms with Gasteiger partial charge < -0.3 is 15.2 Å². The van der Waals surface area contributed by atoms with E-state index < -0.39 is 0 Å². The molecule has 5 atom stereocenters. The fourth-order valence-corrected chi connectivity index (χ4v) is 3.79. The molecule has 0 radical (unpaired) electrons. The Morgan fingerprint density at radius 2 is 2.00 bits per heavy atom. The van der Waals surface area contributed by atoms with Crippen molar-refractivity contribution >= 4 is 0 Å². The lowest BCUT2D eigenvalue weighted by molar-refractivity contribution is -0.127. The van der Waals surface area contributed by atoms with E-state index in [-0.39, 0.29) is 11.5 Å². The maximum absolute atomic E-state index is 10.0. The Bertz CT molecular complexity index is 284. The van der Waals surface area contributed by atoms with Gasteiger partial charge in [-0.2, -0.15) is 0 Å². The summed E-state index contributed by atoms with van der Waals surface area (Å²) in [5.41, 5.74) is 0.273. The topological polar surface area (TPSA) is 41.5 Å². The summed E-state index contributed by atoms with van der Waals surface area (Å²) in [5, 5.41) is 13.7. The number of aliphatic hydroxyl groups is 1. The van der Waals surface area contributed by atoms with Crippen molar-refractivity contribution in [2.75, 3.05) is 13.2 Å². The van der Waals surface area contributed by atoms with Crippen molar-refractivity contribution in [1.82, 2.24) is 5.32 Å². The van der Waals surface area contributed by atoms with Crippen LogP contribution in [0.15, 0.2) is 0 Å². The Morgan fingerprint density at radius 3 is 2.63 bits per heavy atom. The summed E-state index contributed by atoms with van der Waals surface area (Å²) < 4.78 is 5.84. The van der Waals surface area contributed by atoms with Crippen molar-refractivity contribution < 1.29 is 9.84 Å². The molecule has 19 heavy (non-hydrogen) atoms. The molecule has 0 aromatic rings. The van der Waals surface area contributed by atoms with Gasteiger partial charge in [-0.1, -0.05) is 26.7 Å². The lowest BCUT2D eigenvalue weighted by Gasteiger charge is -2.54. The van der Waals surface area contributed by atoms with Crippen LogP contribution in [0.1, 0.15) is 59.3 Å². The van der Waals surface area contributed by atoms with Crippen LogP contribution < -0.4 is 5.32 Å². The van der Waals surface area contributed by atoms with E-state index in [1.165, 1.54) is 19.3 Å². The van der Waals surface area contributed by atoms with Gasteiger partial charge in [0.1, 0.15) is 0 Å². The summed E-state index contributed by atoms with van der Waals surface area (Å²) >= 11 is 0. The number of aliphatic hydroxyl groups excluding tert-OH is 1. The van der Waals surface area contributed by atoms with Crippen LogP contribution >= 0.6 is 0 Å². The van der Waals surface area contributed by atoms with E-state index in [1.54, 1.807) is 0 Å². The van der Waals surface area contributed by atoms with Crippen LogP contribution in [0.2, 0.25) is 0 Å². The van der Waals surface area contributed by atoms with Gasteiger partial charge in [0.25, 0.3) is 0 Å².